The minimum atomic E-state index is -0.175. The van der Waals surface area contributed by atoms with E-state index in [1.165, 1.54) is 11.8 Å². The van der Waals surface area contributed by atoms with E-state index in [2.05, 4.69) is 35.5 Å². The van der Waals surface area contributed by atoms with Gasteiger partial charge in [-0.05, 0) is 26.8 Å². The van der Waals surface area contributed by atoms with Gasteiger partial charge in [0, 0.05) is 37.6 Å². The number of hydrogen-bond acceptors (Lipinski definition) is 9. The van der Waals surface area contributed by atoms with E-state index in [0.717, 1.165) is 36.1 Å². The van der Waals surface area contributed by atoms with E-state index in [9.17, 15) is 4.79 Å². The van der Waals surface area contributed by atoms with Gasteiger partial charge in [-0.15, -0.1) is 10.2 Å². The number of ether oxygens (including phenoxy) is 1. The molecule has 0 saturated carbocycles. The molecule has 12 heteroatoms. The van der Waals surface area contributed by atoms with Gasteiger partial charge >= 0.3 is 0 Å². The molecule has 0 bridgehead atoms. The molecule has 0 radical (unpaired) electrons. The van der Waals surface area contributed by atoms with Crippen molar-refractivity contribution in [1.82, 2.24) is 34.5 Å². The Morgan fingerprint density at radius 3 is 2.52 bits per heavy atom. The number of thioether (sulfide) groups is 1. The minimum absolute atomic E-state index is 0.175. The summed E-state index contributed by atoms with van der Waals surface area (Å²) >= 11 is 1.33. The zero-order valence-corrected chi connectivity index (χ0v) is 18.8. The number of amides is 1. The van der Waals surface area contributed by atoms with Crippen LogP contribution in [0.15, 0.2) is 17.3 Å². The van der Waals surface area contributed by atoms with E-state index in [0.29, 0.717) is 30.1 Å². The first-order valence-electron chi connectivity index (χ1n) is 9.95. The lowest BCUT2D eigenvalue weighted by Crippen LogP contribution is -2.37. The molecule has 31 heavy (non-hydrogen) atoms. The highest BCUT2D eigenvalue weighted by Gasteiger charge is 2.20. The predicted molar refractivity (Wildman–Crippen MR) is 117 cm³/mol. The van der Waals surface area contributed by atoms with Gasteiger partial charge in [-0.1, -0.05) is 11.8 Å². The topological polar surface area (TPSA) is 116 Å². The largest absolute Gasteiger partial charge is 0.378 e. The summed E-state index contributed by atoms with van der Waals surface area (Å²) < 4.78 is 8.84. The lowest BCUT2D eigenvalue weighted by molar-refractivity contribution is -0.113. The summed E-state index contributed by atoms with van der Waals surface area (Å²) in [6.07, 6.45) is 0. The number of carbonyl (C=O) groups is 1. The first-order valence-corrected chi connectivity index (χ1v) is 10.9. The van der Waals surface area contributed by atoms with E-state index in [1.807, 2.05) is 38.5 Å². The fourth-order valence-electron chi connectivity index (χ4n) is 3.32. The number of nitrogens with one attached hydrogen (secondary N) is 1. The molecule has 3 aromatic rings. The van der Waals surface area contributed by atoms with Crippen molar-refractivity contribution in [3.8, 4) is 5.95 Å². The van der Waals surface area contributed by atoms with Crippen molar-refractivity contribution < 1.29 is 9.53 Å². The predicted octanol–water partition coefficient (Wildman–Crippen LogP) is 1.28. The second-order valence-electron chi connectivity index (χ2n) is 7.31. The molecule has 0 aromatic carbocycles. The molecule has 4 rings (SSSR count). The van der Waals surface area contributed by atoms with Crippen LogP contribution in [-0.4, -0.2) is 72.5 Å². The normalized spacial score (nSPS) is 14.1. The van der Waals surface area contributed by atoms with Crippen LogP contribution in [0, 0.1) is 20.8 Å². The molecule has 1 saturated heterocycles. The molecule has 1 fully saturated rings. The third-order valence-electron chi connectivity index (χ3n) is 4.70. The Labute approximate surface area is 184 Å². The quantitative estimate of drug-likeness (QED) is 0.562. The van der Waals surface area contributed by atoms with Crippen LogP contribution in [0.1, 0.15) is 17.1 Å². The summed E-state index contributed by atoms with van der Waals surface area (Å²) in [6.45, 7) is 8.56. The van der Waals surface area contributed by atoms with Crippen LogP contribution in [0.3, 0.4) is 0 Å². The maximum atomic E-state index is 12.6. The number of morpholine rings is 1. The summed E-state index contributed by atoms with van der Waals surface area (Å²) in [6, 6.07) is 3.68. The van der Waals surface area contributed by atoms with Crippen molar-refractivity contribution in [2.75, 3.05) is 42.3 Å². The van der Waals surface area contributed by atoms with Gasteiger partial charge in [0.25, 0.3) is 5.95 Å². The third kappa shape index (κ3) is 4.85. The number of nitrogens with zero attached hydrogens (tertiary/aromatic N) is 8. The van der Waals surface area contributed by atoms with E-state index in [1.54, 1.807) is 10.7 Å². The van der Waals surface area contributed by atoms with E-state index in [-0.39, 0.29) is 11.7 Å². The lowest BCUT2D eigenvalue weighted by atomic mass is 10.4. The van der Waals surface area contributed by atoms with Crippen molar-refractivity contribution in [3.63, 3.8) is 0 Å². The van der Waals surface area contributed by atoms with Gasteiger partial charge in [0.05, 0.1) is 24.7 Å². The van der Waals surface area contributed by atoms with Gasteiger partial charge in [-0.2, -0.15) is 9.78 Å². The van der Waals surface area contributed by atoms with E-state index < -0.39 is 0 Å². The number of aromatic nitrogens is 7. The van der Waals surface area contributed by atoms with Crippen molar-refractivity contribution in [2.45, 2.75) is 25.9 Å². The summed E-state index contributed by atoms with van der Waals surface area (Å²) in [7, 11) is 1.90. The molecule has 164 valence electrons. The second-order valence-corrected chi connectivity index (χ2v) is 8.25. The molecule has 1 N–H and O–H groups in total. The highest BCUT2D eigenvalue weighted by atomic mass is 32.2. The van der Waals surface area contributed by atoms with Crippen LogP contribution in [0.5, 0.6) is 0 Å². The average Bonchev–Trinajstić information content (AvgIpc) is 3.28. The standard InChI is InChI=1S/C19H25N9O2S/c1-12-9-13(2)21-17(20-12)28-15(10-14(3)25-28)22-16(29)11-31-19-24-23-18(26(19)4)27-5-7-30-8-6-27/h9-10H,5-8,11H2,1-4H3,(H,22,29). The lowest BCUT2D eigenvalue weighted by Gasteiger charge is -2.27. The smallest absolute Gasteiger partial charge is 0.252 e. The number of aryl methyl sites for hydroxylation is 3. The van der Waals surface area contributed by atoms with Crippen LogP contribution in [0.4, 0.5) is 11.8 Å². The van der Waals surface area contributed by atoms with Crippen LogP contribution < -0.4 is 10.2 Å². The molecular formula is C19H25N9O2S. The summed E-state index contributed by atoms with van der Waals surface area (Å²) in [5.74, 6) is 1.75. The summed E-state index contributed by atoms with van der Waals surface area (Å²) in [4.78, 5) is 23.6. The van der Waals surface area contributed by atoms with Gasteiger partial charge in [-0.3, -0.25) is 9.36 Å². The van der Waals surface area contributed by atoms with Gasteiger partial charge in [0.2, 0.25) is 11.9 Å². The first-order chi connectivity index (χ1) is 14.9. The molecule has 4 heterocycles. The average molecular weight is 444 g/mol. The number of anilines is 2. The Balaban J connectivity index is 1.43. The molecule has 0 atom stereocenters. The van der Waals surface area contributed by atoms with Gasteiger partial charge in [-0.25, -0.2) is 9.97 Å². The Kier molecular flexibility index (Phi) is 6.18. The molecule has 1 aliphatic heterocycles. The SMILES string of the molecule is Cc1cc(C)nc(-n2nc(C)cc2NC(=O)CSc2nnc(N3CCOCC3)n2C)n1. The molecule has 1 aliphatic rings. The number of carbonyl (C=O) groups excluding carboxylic acids is 1. The maximum Gasteiger partial charge on any atom is 0.252 e. The monoisotopic (exact) mass is 443 g/mol. The van der Waals surface area contributed by atoms with Crippen molar-refractivity contribution in [1.29, 1.82) is 0 Å². The number of rotatable bonds is 6. The van der Waals surface area contributed by atoms with Gasteiger partial charge < -0.3 is 15.0 Å². The zero-order valence-electron chi connectivity index (χ0n) is 18.0. The molecule has 3 aromatic heterocycles. The van der Waals surface area contributed by atoms with Crippen molar-refractivity contribution in [3.05, 3.63) is 29.2 Å². The van der Waals surface area contributed by atoms with Crippen molar-refractivity contribution in [2.24, 2.45) is 7.05 Å². The van der Waals surface area contributed by atoms with Crippen molar-refractivity contribution >= 4 is 29.4 Å². The fraction of sp³-hybridized carbons (Fsp3) is 0.474. The Bertz CT molecular complexity index is 1070. The fourth-order valence-corrected chi connectivity index (χ4v) is 4.03. The zero-order chi connectivity index (χ0) is 22.0. The van der Waals surface area contributed by atoms with Crippen LogP contribution in [0.25, 0.3) is 5.95 Å². The minimum Gasteiger partial charge on any atom is -0.378 e. The third-order valence-corrected chi connectivity index (χ3v) is 5.72. The van der Waals surface area contributed by atoms with Gasteiger partial charge in [0.1, 0.15) is 5.82 Å². The number of hydrogen-bond donors (Lipinski definition) is 1. The van der Waals surface area contributed by atoms with E-state index in [4.69, 9.17) is 4.74 Å². The molecule has 0 aliphatic carbocycles. The molecule has 0 spiro atoms. The summed E-state index contributed by atoms with van der Waals surface area (Å²) in [5, 5.41) is 16.5. The van der Waals surface area contributed by atoms with Crippen LogP contribution >= 0.6 is 11.8 Å². The Morgan fingerprint density at radius 1 is 1.10 bits per heavy atom. The van der Waals surface area contributed by atoms with E-state index >= 15 is 0 Å². The molecule has 0 unspecified atom stereocenters. The first kappa shape index (κ1) is 21.2. The second kappa shape index (κ2) is 9.02. The Hall–Kier alpha value is -2.99. The highest BCUT2D eigenvalue weighted by molar-refractivity contribution is 7.99. The van der Waals surface area contributed by atoms with Crippen LogP contribution in [0.2, 0.25) is 0 Å². The maximum absolute atomic E-state index is 12.6. The molecule has 1 amide bonds. The molecular weight excluding hydrogens is 418 g/mol. The molecule has 11 nitrogen and oxygen atoms in total. The van der Waals surface area contributed by atoms with Gasteiger partial charge in [0.15, 0.2) is 5.16 Å². The van der Waals surface area contributed by atoms with Crippen LogP contribution in [-0.2, 0) is 16.6 Å². The highest BCUT2D eigenvalue weighted by Crippen LogP contribution is 2.22. The Morgan fingerprint density at radius 2 is 1.81 bits per heavy atom. The summed E-state index contributed by atoms with van der Waals surface area (Å²) in [5.41, 5.74) is 2.43.